The van der Waals surface area contributed by atoms with Crippen LogP contribution >= 0.6 is 0 Å². The zero-order valence-corrected chi connectivity index (χ0v) is 7.66. The molecule has 1 heterocycles. The lowest BCUT2D eigenvalue weighted by molar-refractivity contribution is -0.114. The number of benzene rings is 1. The monoisotopic (exact) mass is 191 g/mol. The van der Waals surface area contributed by atoms with Crippen molar-refractivity contribution < 1.29 is 9.18 Å². The normalized spacial score (nSPS) is 16.5. The van der Waals surface area contributed by atoms with Crippen LogP contribution < -0.4 is 4.90 Å². The Bertz CT molecular complexity index is 383. The third kappa shape index (κ3) is 1.41. The SMILES string of the molecule is C=C1CCN(c2ccc(F)cc2)C1=O. The molecule has 0 radical (unpaired) electrons. The minimum atomic E-state index is -0.292. The third-order valence-electron chi connectivity index (χ3n) is 2.32. The fourth-order valence-electron chi connectivity index (χ4n) is 1.51. The molecule has 72 valence electrons. The number of rotatable bonds is 1. The van der Waals surface area contributed by atoms with E-state index in [1.807, 2.05) is 0 Å². The first-order valence-electron chi connectivity index (χ1n) is 4.44. The van der Waals surface area contributed by atoms with Gasteiger partial charge in [-0.3, -0.25) is 4.79 Å². The number of hydrogen-bond donors (Lipinski definition) is 0. The highest BCUT2D eigenvalue weighted by Gasteiger charge is 2.25. The van der Waals surface area contributed by atoms with Crippen molar-refractivity contribution in [1.82, 2.24) is 0 Å². The van der Waals surface area contributed by atoms with Crippen molar-refractivity contribution in [3.63, 3.8) is 0 Å². The Hall–Kier alpha value is -1.64. The fraction of sp³-hybridized carbons (Fsp3) is 0.182. The molecule has 0 spiro atoms. The maximum Gasteiger partial charge on any atom is 0.253 e. The molecular formula is C11H10FNO. The molecule has 1 saturated heterocycles. The van der Waals surface area contributed by atoms with Crippen LogP contribution in [-0.2, 0) is 4.79 Å². The molecule has 2 nitrogen and oxygen atoms in total. The number of carbonyl (C=O) groups is 1. The topological polar surface area (TPSA) is 20.3 Å². The molecule has 0 aromatic heterocycles. The highest BCUT2D eigenvalue weighted by Crippen LogP contribution is 2.23. The maximum atomic E-state index is 12.6. The largest absolute Gasteiger partial charge is 0.308 e. The number of carbonyl (C=O) groups excluding carboxylic acids is 1. The molecule has 0 atom stereocenters. The summed E-state index contributed by atoms with van der Waals surface area (Å²) in [7, 11) is 0. The van der Waals surface area contributed by atoms with Crippen molar-refractivity contribution in [3.05, 3.63) is 42.2 Å². The molecule has 3 heteroatoms. The summed E-state index contributed by atoms with van der Waals surface area (Å²) in [4.78, 5) is 13.1. The molecule has 2 rings (SSSR count). The Morgan fingerprint density at radius 1 is 1.29 bits per heavy atom. The Morgan fingerprint density at radius 3 is 2.43 bits per heavy atom. The average molecular weight is 191 g/mol. The minimum absolute atomic E-state index is 0.0587. The summed E-state index contributed by atoms with van der Waals surface area (Å²) in [5, 5.41) is 0. The van der Waals surface area contributed by atoms with Crippen molar-refractivity contribution in [2.24, 2.45) is 0 Å². The number of anilines is 1. The summed E-state index contributed by atoms with van der Waals surface area (Å²) < 4.78 is 12.6. The van der Waals surface area contributed by atoms with Crippen LogP contribution in [0.25, 0.3) is 0 Å². The lowest BCUT2D eigenvalue weighted by atomic mass is 10.3. The van der Waals surface area contributed by atoms with Gasteiger partial charge in [-0.25, -0.2) is 4.39 Å². The van der Waals surface area contributed by atoms with Gasteiger partial charge in [0.25, 0.3) is 5.91 Å². The smallest absolute Gasteiger partial charge is 0.253 e. The molecule has 0 aliphatic carbocycles. The van der Waals surface area contributed by atoms with E-state index in [4.69, 9.17) is 0 Å². The van der Waals surface area contributed by atoms with Crippen LogP contribution in [0.2, 0.25) is 0 Å². The predicted octanol–water partition coefficient (Wildman–Crippen LogP) is 2.12. The van der Waals surface area contributed by atoms with Crippen LogP contribution in [0, 0.1) is 5.82 Å². The molecule has 1 aromatic rings. The second kappa shape index (κ2) is 3.25. The van der Waals surface area contributed by atoms with Crippen molar-refractivity contribution in [3.8, 4) is 0 Å². The van der Waals surface area contributed by atoms with Gasteiger partial charge in [-0.1, -0.05) is 6.58 Å². The van der Waals surface area contributed by atoms with Gasteiger partial charge in [0.05, 0.1) is 0 Å². The third-order valence-corrected chi connectivity index (χ3v) is 2.32. The lowest BCUT2D eigenvalue weighted by Crippen LogP contribution is -2.24. The van der Waals surface area contributed by atoms with E-state index >= 15 is 0 Å². The van der Waals surface area contributed by atoms with E-state index in [-0.39, 0.29) is 11.7 Å². The first-order chi connectivity index (χ1) is 6.68. The van der Waals surface area contributed by atoms with Crippen LogP contribution in [-0.4, -0.2) is 12.5 Å². The van der Waals surface area contributed by atoms with Gasteiger partial charge >= 0.3 is 0 Å². The zero-order chi connectivity index (χ0) is 10.1. The first kappa shape index (κ1) is 8.94. The molecule has 1 aromatic carbocycles. The number of amides is 1. The maximum absolute atomic E-state index is 12.6. The van der Waals surface area contributed by atoms with Gasteiger partial charge in [-0.2, -0.15) is 0 Å². The van der Waals surface area contributed by atoms with Crippen molar-refractivity contribution >= 4 is 11.6 Å². The van der Waals surface area contributed by atoms with E-state index in [0.717, 1.165) is 5.69 Å². The Morgan fingerprint density at radius 2 is 1.93 bits per heavy atom. The quantitative estimate of drug-likeness (QED) is 0.622. The Kier molecular flexibility index (Phi) is 2.08. The van der Waals surface area contributed by atoms with Crippen LogP contribution in [0.5, 0.6) is 0 Å². The summed E-state index contributed by atoms with van der Waals surface area (Å²) in [5.41, 5.74) is 1.35. The van der Waals surface area contributed by atoms with Crippen molar-refractivity contribution in [2.45, 2.75) is 6.42 Å². The summed E-state index contributed by atoms with van der Waals surface area (Å²) in [6, 6.07) is 5.91. The molecule has 14 heavy (non-hydrogen) atoms. The second-order valence-corrected chi connectivity index (χ2v) is 3.29. The van der Waals surface area contributed by atoms with Crippen LogP contribution in [0.4, 0.5) is 10.1 Å². The van der Waals surface area contributed by atoms with E-state index in [2.05, 4.69) is 6.58 Å². The van der Waals surface area contributed by atoms with Crippen molar-refractivity contribution in [1.29, 1.82) is 0 Å². The van der Waals surface area contributed by atoms with Crippen LogP contribution in [0.3, 0.4) is 0 Å². The molecule has 0 bridgehead atoms. The molecule has 0 saturated carbocycles. The van der Waals surface area contributed by atoms with E-state index in [1.54, 1.807) is 17.0 Å². The highest BCUT2D eigenvalue weighted by atomic mass is 19.1. The predicted molar refractivity (Wildman–Crippen MR) is 52.5 cm³/mol. The fourth-order valence-corrected chi connectivity index (χ4v) is 1.51. The van der Waals surface area contributed by atoms with Crippen LogP contribution in [0.15, 0.2) is 36.4 Å². The van der Waals surface area contributed by atoms with Gasteiger partial charge in [-0.05, 0) is 30.7 Å². The number of hydrogen-bond acceptors (Lipinski definition) is 1. The molecule has 1 aliphatic rings. The van der Waals surface area contributed by atoms with Gasteiger partial charge in [0.15, 0.2) is 0 Å². The van der Waals surface area contributed by atoms with E-state index < -0.39 is 0 Å². The molecular weight excluding hydrogens is 181 g/mol. The number of nitrogens with zero attached hydrogens (tertiary/aromatic N) is 1. The van der Waals surface area contributed by atoms with E-state index in [1.165, 1.54) is 12.1 Å². The van der Waals surface area contributed by atoms with E-state index in [9.17, 15) is 9.18 Å². The summed E-state index contributed by atoms with van der Waals surface area (Å²) >= 11 is 0. The Labute approximate surface area is 81.6 Å². The lowest BCUT2D eigenvalue weighted by Gasteiger charge is -2.14. The first-order valence-corrected chi connectivity index (χ1v) is 4.44. The summed E-state index contributed by atoms with van der Waals surface area (Å²) in [6.45, 7) is 4.31. The molecule has 0 unspecified atom stereocenters. The standard InChI is InChI=1S/C11H10FNO/c1-8-6-7-13(11(8)14)10-4-2-9(12)3-5-10/h2-5H,1,6-7H2. The van der Waals surface area contributed by atoms with Gasteiger partial charge in [0, 0.05) is 17.8 Å². The van der Waals surface area contributed by atoms with Gasteiger partial charge in [0.2, 0.25) is 0 Å². The van der Waals surface area contributed by atoms with Crippen LogP contribution in [0.1, 0.15) is 6.42 Å². The van der Waals surface area contributed by atoms with Gasteiger partial charge in [0.1, 0.15) is 5.82 Å². The highest BCUT2D eigenvalue weighted by molar-refractivity contribution is 6.07. The Balaban J connectivity index is 2.28. The van der Waals surface area contributed by atoms with Crippen molar-refractivity contribution in [2.75, 3.05) is 11.4 Å². The minimum Gasteiger partial charge on any atom is -0.308 e. The summed E-state index contributed by atoms with van der Waals surface area (Å²) in [6.07, 6.45) is 0.691. The molecule has 1 amide bonds. The average Bonchev–Trinajstić information content (AvgIpc) is 2.50. The second-order valence-electron chi connectivity index (χ2n) is 3.29. The zero-order valence-electron chi connectivity index (χ0n) is 7.66. The van der Waals surface area contributed by atoms with E-state index in [0.29, 0.717) is 18.5 Å². The number of halogens is 1. The van der Waals surface area contributed by atoms with Gasteiger partial charge in [-0.15, -0.1) is 0 Å². The van der Waals surface area contributed by atoms with Gasteiger partial charge < -0.3 is 4.90 Å². The summed E-state index contributed by atoms with van der Waals surface area (Å²) in [5.74, 6) is -0.351. The molecule has 1 aliphatic heterocycles. The molecule has 0 N–H and O–H groups in total. The molecule has 1 fully saturated rings.